The van der Waals surface area contributed by atoms with E-state index in [1.165, 1.54) is 16.6 Å². The van der Waals surface area contributed by atoms with Gasteiger partial charge in [0.15, 0.2) is 0 Å². The molecule has 1 rings (SSSR count). The molecule has 0 radical (unpaired) electrons. The number of hydrogen-bond donors (Lipinski definition) is 2. The van der Waals surface area contributed by atoms with Crippen LogP contribution in [0.1, 0.15) is 0 Å². The normalized spacial score (nSPS) is 27.9. The van der Waals surface area contributed by atoms with Crippen LogP contribution in [0.25, 0.3) is 0 Å². The SMILES string of the molecule is SCCSC1SCSC(SCCS)S1. The van der Waals surface area contributed by atoms with Crippen LogP contribution in [0, 0.1) is 0 Å². The molecule has 1 saturated heterocycles. The highest BCUT2D eigenvalue weighted by Crippen LogP contribution is 2.50. The fraction of sp³-hybridized carbons (Fsp3) is 1.00. The first-order valence-electron chi connectivity index (χ1n) is 4.20. The zero-order valence-electron chi connectivity index (χ0n) is 7.63. The zero-order valence-corrected chi connectivity index (χ0v) is 13.5. The van der Waals surface area contributed by atoms with E-state index in [0.29, 0.717) is 0 Å². The summed E-state index contributed by atoms with van der Waals surface area (Å²) in [5.74, 6) is 4.32. The fourth-order valence-corrected chi connectivity index (χ4v) is 10.8. The second-order valence-electron chi connectivity index (χ2n) is 2.35. The average Bonchev–Trinajstić information content (AvgIpc) is 2.24. The maximum atomic E-state index is 4.24. The van der Waals surface area contributed by atoms with Crippen LogP contribution in [0.2, 0.25) is 0 Å². The van der Waals surface area contributed by atoms with E-state index in [1.54, 1.807) is 0 Å². The number of rotatable bonds is 6. The second kappa shape index (κ2) is 9.48. The lowest BCUT2D eigenvalue weighted by Gasteiger charge is -2.26. The molecule has 1 aliphatic rings. The van der Waals surface area contributed by atoms with Crippen molar-refractivity contribution in [1.82, 2.24) is 0 Å². The lowest BCUT2D eigenvalue weighted by Crippen LogP contribution is -2.07. The van der Waals surface area contributed by atoms with E-state index in [1.807, 2.05) is 23.5 Å². The lowest BCUT2D eigenvalue weighted by atomic mass is 11.0. The minimum Gasteiger partial charge on any atom is -0.179 e. The molecule has 2 unspecified atom stereocenters. The van der Waals surface area contributed by atoms with Gasteiger partial charge >= 0.3 is 0 Å². The van der Waals surface area contributed by atoms with Gasteiger partial charge in [0.25, 0.3) is 0 Å². The maximum Gasteiger partial charge on any atom is 0.0983 e. The summed E-state index contributed by atoms with van der Waals surface area (Å²) < 4.78 is 1.45. The van der Waals surface area contributed by atoms with Gasteiger partial charge in [-0.15, -0.1) is 58.8 Å². The zero-order chi connectivity index (χ0) is 10.2. The Labute approximate surface area is 119 Å². The van der Waals surface area contributed by atoms with Crippen molar-refractivity contribution in [3.63, 3.8) is 0 Å². The predicted octanol–water partition coefficient (Wildman–Crippen LogP) is 4.05. The van der Waals surface area contributed by atoms with E-state index < -0.39 is 0 Å². The van der Waals surface area contributed by atoms with Gasteiger partial charge in [-0.2, -0.15) is 25.3 Å². The van der Waals surface area contributed by atoms with Crippen molar-refractivity contribution >= 4 is 84.1 Å². The van der Waals surface area contributed by atoms with E-state index in [0.717, 1.165) is 19.3 Å². The van der Waals surface area contributed by atoms with E-state index in [4.69, 9.17) is 0 Å². The van der Waals surface area contributed by atoms with Crippen LogP contribution in [0.15, 0.2) is 0 Å². The highest BCUT2D eigenvalue weighted by Gasteiger charge is 2.23. The molecule has 0 saturated carbocycles. The van der Waals surface area contributed by atoms with Crippen molar-refractivity contribution in [3.05, 3.63) is 0 Å². The molecule has 0 aromatic carbocycles. The van der Waals surface area contributed by atoms with Gasteiger partial charge < -0.3 is 0 Å². The van der Waals surface area contributed by atoms with Gasteiger partial charge in [0.1, 0.15) is 0 Å². The molecule has 14 heavy (non-hydrogen) atoms. The Morgan fingerprint density at radius 3 is 1.93 bits per heavy atom. The molecule has 7 heteroatoms. The third kappa shape index (κ3) is 6.25. The van der Waals surface area contributed by atoms with Crippen LogP contribution in [-0.4, -0.2) is 35.9 Å². The summed E-state index contributed by atoms with van der Waals surface area (Å²) in [5.41, 5.74) is 0. The fourth-order valence-electron chi connectivity index (χ4n) is 0.792. The van der Waals surface area contributed by atoms with E-state index >= 15 is 0 Å². The average molecular weight is 323 g/mol. The summed E-state index contributed by atoms with van der Waals surface area (Å²) in [6.45, 7) is 0. The molecule has 1 fully saturated rings. The van der Waals surface area contributed by atoms with Gasteiger partial charge in [0.05, 0.1) is 7.83 Å². The molecule has 1 heterocycles. The number of thiol groups is 2. The quantitative estimate of drug-likeness (QED) is 0.706. The maximum absolute atomic E-state index is 4.24. The van der Waals surface area contributed by atoms with Crippen LogP contribution in [0.3, 0.4) is 0 Å². The van der Waals surface area contributed by atoms with Gasteiger partial charge in [-0.25, -0.2) is 0 Å². The van der Waals surface area contributed by atoms with E-state index in [9.17, 15) is 0 Å². The smallest absolute Gasteiger partial charge is 0.0983 e. The minimum absolute atomic E-state index is 0.723. The van der Waals surface area contributed by atoms with Crippen LogP contribution < -0.4 is 0 Å². The van der Waals surface area contributed by atoms with Crippen LogP contribution >= 0.6 is 84.1 Å². The number of thioether (sulfide) groups is 5. The molecule has 2 atom stereocenters. The molecule has 0 spiro atoms. The Morgan fingerprint density at radius 2 is 1.50 bits per heavy atom. The van der Waals surface area contributed by atoms with Gasteiger partial charge in [0, 0.05) is 16.6 Å². The van der Waals surface area contributed by atoms with Crippen molar-refractivity contribution in [3.8, 4) is 0 Å². The Kier molecular flexibility index (Phi) is 9.82. The van der Waals surface area contributed by atoms with Gasteiger partial charge in [-0.05, 0) is 11.5 Å². The summed E-state index contributed by atoms with van der Waals surface area (Å²) in [5, 5.41) is 1.24. The molecule has 0 N–H and O–H groups in total. The first kappa shape index (κ1) is 14.5. The summed E-state index contributed by atoms with van der Waals surface area (Å²) in [6.07, 6.45) is 0. The van der Waals surface area contributed by atoms with Gasteiger partial charge in [0.2, 0.25) is 0 Å². The summed E-state index contributed by atoms with van der Waals surface area (Å²) >= 11 is 18.8. The molecule has 0 aromatic heterocycles. The molecule has 1 aliphatic heterocycles. The van der Waals surface area contributed by atoms with Crippen molar-refractivity contribution in [2.45, 2.75) is 7.83 Å². The lowest BCUT2D eigenvalue weighted by molar-refractivity contribution is 1.56. The van der Waals surface area contributed by atoms with E-state index in [-0.39, 0.29) is 0 Å². The Balaban J connectivity index is 2.14. The molecular formula is C7H14S7. The van der Waals surface area contributed by atoms with Crippen molar-refractivity contribution in [1.29, 1.82) is 0 Å². The molecule has 84 valence electrons. The third-order valence-corrected chi connectivity index (χ3v) is 10.5. The molecule has 0 aliphatic carbocycles. The van der Waals surface area contributed by atoms with E-state index in [2.05, 4.69) is 60.5 Å². The molecule has 0 nitrogen and oxygen atoms in total. The molecular weight excluding hydrogens is 309 g/mol. The predicted molar refractivity (Wildman–Crippen MR) is 87.8 cm³/mol. The standard InChI is InChI=1S/C7H14S7/c8-1-3-10-6-12-5-13-7(14-6)11-4-2-9/h6-9H,1-5H2. The highest BCUT2D eigenvalue weighted by molar-refractivity contribution is 8.46. The number of hydrogen-bond acceptors (Lipinski definition) is 7. The topological polar surface area (TPSA) is 0 Å². The van der Waals surface area contributed by atoms with Gasteiger partial charge in [-0.3, -0.25) is 0 Å². The Morgan fingerprint density at radius 1 is 1.00 bits per heavy atom. The molecule has 0 amide bonds. The summed E-state index contributed by atoms with van der Waals surface area (Å²) in [6, 6.07) is 0. The van der Waals surface area contributed by atoms with Crippen molar-refractivity contribution in [2.24, 2.45) is 0 Å². The first-order chi connectivity index (χ1) is 6.86. The minimum atomic E-state index is 0.723. The second-order valence-corrected chi connectivity index (χ2v) is 11.2. The van der Waals surface area contributed by atoms with Gasteiger partial charge in [-0.1, -0.05) is 0 Å². The van der Waals surface area contributed by atoms with Crippen LogP contribution in [0.4, 0.5) is 0 Å². The van der Waals surface area contributed by atoms with Crippen molar-refractivity contribution in [2.75, 3.05) is 28.1 Å². The van der Waals surface area contributed by atoms with Crippen LogP contribution in [0.5, 0.6) is 0 Å². The Hall–Kier alpha value is 2.45. The van der Waals surface area contributed by atoms with Crippen LogP contribution in [-0.2, 0) is 0 Å². The first-order valence-corrected chi connectivity index (χ1v) is 10.6. The molecule has 0 bridgehead atoms. The van der Waals surface area contributed by atoms with Crippen molar-refractivity contribution < 1.29 is 0 Å². The summed E-state index contributed by atoms with van der Waals surface area (Å²) in [4.78, 5) is 0. The Bertz CT molecular complexity index is 128. The highest BCUT2D eigenvalue weighted by atomic mass is 32.3. The molecule has 0 aromatic rings. The largest absolute Gasteiger partial charge is 0.179 e. The summed E-state index contributed by atoms with van der Waals surface area (Å²) in [7, 11) is 0. The monoisotopic (exact) mass is 322 g/mol. The third-order valence-electron chi connectivity index (χ3n) is 1.32.